The van der Waals surface area contributed by atoms with Crippen LogP contribution >= 0.6 is 11.6 Å². The van der Waals surface area contributed by atoms with Gasteiger partial charge < -0.3 is 0 Å². The largest absolute Gasteiger partial charge is 0.207 e. The standard InChI is InChI=1S/C10H8ClF2N/c1-10(2,5-14)8-6(12)3-4-7(13)9(8)11/h3-4H,1-2H3. The molecule has 14 heavy (non-hydrogen) atoms. The normalized spacial score (nSPS) is 11.1. The summed E-state index contributed by atoms with van der Waals surface area (Å²) in [6.45, 7) is 2.97. The number of nitriles is 1. The molecule has 1 aromatic carbocycles. The van der Waals surface area contributed by atoms with Crippen molar-refractivity contribution in [2.24, 2.45) is 0 Å². The first-order valence-electron chi connectivity index (χ1n) is 3.95. The summed E-state index contributed by atoms with van der Waals surface area (Å²) in [6.07, 6.45) is 0. The summed E-state index contributed by atoms with van der Waals surface area (Å²) in [5, 5.41) is 8.47. The number of hydrogen-bond acceptors (Lipinski definition) is 1. The summed E-state index contributed by atoms with van der Waals surface area (Å²) in [7, 11) is 0. The molecule has 1 nitrogen and oxygen atoms in total. The van der Waals surface area contributed by atoms with Crippen molar-refractivity contribution in [1.29, 1.82) is 5.26 Å². The van der Waals surface area contributed by atoms with E-state index in [0.717, 1.165) is 12.1 Å². The van der Waals surface area contributed by atoms with Crippen LogP contribution in [0, 0.1) is 23.0 Å². The average molecular weight is 216 g/mol. The summed E-state index contributed by atoms with van der Waals surface area (Å²) >= 11 is 5.60. The first-order chi connectivity index (χ1) is 6.40. The van der Waals surface area contributed by atoms with Gasteiger partial charge in [0, 0.05) is 5.56 Å². The van der Waals surface area contributed by atoms with Gasteiger partial charge in [0.2, 0.25) is 0 Å². The molecule has 1 aromatic rings. The minimum atomic E-state index is -1.14. The summed E-state index contributed by atoms with van der Waals surface area (Å²) in [5.41, 5.74) is -1.23. The Kier molecular flexibility index (Phi) is 2.77. The highest BCUT2D eigenvalue weighted by Crippen LogP contribution is 2.33. The molecule has 0 unspecified atom stereocenters. The van der Waals surface area contributed by atoms with E-state index in [0.29, 0.717) is 0 Å². The van der Waals surface area contributed by atoms with E-state index >= 15 is 0 Å². The third-order valence-corrected chi connectivity index (χ3v) is 2.32. The van der Waals surface area contributed by atoms with Crippen molar-refractivity contribution in [2.45, 2.75) is 19.3 Å². The van der Waals surface area contributed by atoms with Crippen LogP contribution in [0.25, 0.3) is 0 Å². The molecule has 0 amide bonds. The van der Waals surface area contributed by atoms with Crippen LogP contribution in [0.1, 0.15) is 19.4 Å². The van der Waals surface area contributed by atoms with Gasteiger partial charge in [-0.15, -0.1) is 0 Å². The molecule has 0 aliphatic rings. The highest BCUT2D eigenvalue weighted by Gasteiger charge is 2.28. The Morgan fingerprint density at radius 2 is 1.79 bits per heavy atom. The zero-order valence-corrected chi connectivity index (χ0v) is 8.49. The van der Waals surface area contributed by atoms with Gasteiger partial charge in [0.15, 0.2) is 0 Å². The van der Waals surface area contributed by atoms with Gasteiger partial charge >= 0.3 is 0 Å². The smallest absolute Gasteiger partial charge is 0.142 e. The molecule has 0 aliphatic heterocycles. The van der Waals surface area contributed by atoms with Crippen molar-refractivity contribution >= 4 is 11.6 Å². The van der Waals surface area contributed by atoms with Crippen molar-refractivity contribution < 1.29 is 8.78 Å². The maximum Gasteiger partial charge on any atom is 0.142 e. The van der Waals surface area contributed by atoms with E-state index in [1.807, 2.05) is 6.07 Å². The maximum absolute atomic E-state index is 13.3. The van der Waals surface area contributed by atoms with E-state index in [9.17, 15) is 8.78 Å². The van der Waals surface area contributed by atoms with Crippen LogP contribution in [0.2, 0.25) is 5.02 Å². The number of nitrogens with zero attached hydrogens (tertiary/aromatic N) is 1. The maximum atomic E-state index is 13.3. The second-order valence-electron chi connectivity index (χ2n) is 3.45. The van der Waals surface area contributed by atoms with Crippen LogP contribution in [0.15, 0.2) is 12.1 Å². The molecule has 0 saturated heterocycles. The molecule has 0 fully saturated rings. The fraction of sp³-hybridized carbons (Fsp3) is 0.300. The topological polar surface area (TPSA) is 23.8 Å². The number of benzene rings is 1. The second kappa shape index (κ2) is 3.55. The second-order valence-corrected chi connectivity index (χ2v) is 3.83. The van der Waals surface area contributed by atoms with Crippen molar-refractivity contribution in [3.63, 3.8) is 0 Å². The van der Waals surface area contributed by atoms with Gasteiger partial charge in [-0.1, -0.05) is 11.6 Å². The van der Waals surface area contributed by atoms with Crippen LogP contribution in [-0.4, -0.2) is 0 Å². The average Bonchev–Trinajstić information content (AvgIpc) is 2.12. The Hall–Kier alpha value is -1.14. The van der Waals surface area contributed by atoms with E-state index in [1.54, 1.807) is 0 Å². The molecule has 0 aromatic heterocycles. The quantitative estimate of drug-likeness (QED) is 0.659. The predicted octanol–water partition coefficient (Wildman–Crippen LogP) is 3.42. The zero-order valence-electron chi connectivity index (χ0n) is 7.74. The van der Waals surface area contributed by atoms with Gasteiger partial charge in [-0.05, 0) is 26.0 Å². The van der Waals surface area contributed by atoms with E-state index in [-0.39, 0.29) is 10.6 Å². The Morgan fingerprint density at radius 3 is 2.29 bits per heavy atom. The monoisotopic (exact) mass is 215 g/mol. The molecular formula is C10H8ClF2N. The number of rotatable bonds is 1. The first-order valence-corrected chi connectivity index (χ1v) is 4.33. The van der Waals surface area contributed by atoms with E-state index in [2.05, 4.69) is 0 Å². The minimum absolute atomic E-state index is 0.0957. The van der Waals surface area contributed by atoms with Crippen LogP contribution in [-0.2, 0) is 5.41 Å². The predicted molar refractivity (Wildman–Crippen MR) is 50.0 cm³/mol. The van der Waals surface area contributed by atoms with Crippen molar-refractivity contribution in [3.8, 4) is 6.07 Å². The molecule has 0 saturated carbocycles. The van der Waals surface area contributed by atoms with Crippen LogP contribution < -0.4 is 0 Å². The minimum Gasteiger partial charge on any atom is -0.207 e. The van der Waals surface area contributed by atoms with E-state index in [4.69, 9.17) is 16.9 Å². The Bertz CT molecular complexity index is 407. The summed E-state index contributed by atoms with van der Waals surface area (Å²) < 4.78 is 26.3. The molecule has 0 heterocycles. The Morgan fingerprint density at radius 1 is 1.29 bits per heavy atom. The van der Waals surface area contributed by atoms with Gasteiger partial charge in [0.1, 0.15) is 11.6 Å². The van der Waals surface area contributed by atoms with Gasteiger partial charge in [-0.25, -0.2) is 8.78 Å². The molecule has 4 heteroatoms. The number of halogens is 3. The lowest BCUT2D eigenvalue weighted by atomic mass is 9.86. The Balaban J connectivity index is 3.49. The number of hydrogen-bond donors (Lipinski definition) is 0. The Labute approximate surface area is 85.9 Å². The lowest BCUT2D eigenvalue weighted by Crippen LogP contribution is -2.17. The molecule has 0 aliphatic carbocycles. The fourth-order valence-electron chi connectivity index (χ4n) is 1.16. The lowest BCUT2D eigenvalue weighted by Gasteiger charge is -2.18. The SMILES string of the molecule is CC(C)(C#N)c1c(F)ccc(F)c1Cl. The lowest BCUT2D eigenvalue weighted by molar-refractivity contribution is 0.548. The van der Waals surface area contributed by atoms with Gasteiger partial charge in [0.25, 0.3) is 0 Å². The molecule has 0 N–H and O–H groups in total. The fourth-order valence-corrected chi connectivity index (χ4v) is 1.55. The van der Waals surface area contributed by atoms with Crippen LogP contribution in [0.5, 0.6) is 0 Å². The molecule has 1 rings (SSSR count). The van der Waals surface area contributed by atoms with Crippen molar-refractivity contribution in [3.05, 3.63) is 34.4 Å². The third kappa shape index (κ3) is 1.71. The molecule has 0 radical (unpaired) electrons. The third-order valence-electron chi connectivity index (χ3n) is 1.95. The molecular weight excluding hydrogens is 208 g/mol. The molecule has 0 atom stereocenters. The highest BCUT2D eigenvalue weighted by molar-refractivity contribution is 6.31. The highest BCUT2D eigenvalue weighted by atomic mass is 35.5. The molecule has 0 spiro atoms. The van der Waals surface area contributed by atoms with Gasteiger partial charge in [-0.3, -0.25) is 0 Å². The molecule has 0 bridgehead atoms. The van der Waals surface area contributed by atoms with Crippen LogP contribution in [0.4, 0.5) is 8.78 Å². The van der Waals surface area contributed by atoms with Gasteiger partial charge in [0.05, 0.1) is 16.5 Å². The van der Waals surface area contributed by atoms with Crippen molar-refractivity contribution in [1.82, 2.24) is 0 Å². The first kappa shape index (κ1) is 10.9. The van der Waals surface area contributed by atoms with Crippen LogP contribution in [0.3, 0.4) is 0 Å². The van der Waals surface area contributed by atoms with Crippen molar-refractivity contribution in [2.75, 3.05) is 0 Å². The zero-order chi connectivity index (χ0) is 10.9. The molecule has 74 valence electrons. The van der Waals surface area contributed by atoms with E-state index in [1.165, 1.54) is 13.8 Å². The van der Waals surface area contributed by atoms with E-state index < -0.39 is 17.0 Å². The summed E-state index contributed by atoms with van der Waals surface area (Å²) in [6, 6.07) is 3.78. The summed E-state index contributed by atoms with van der Waals surface area (Å²) in [4.78, 5) is 0. The van der Waals surface area contributed by atoms with Gasteiger partial charge in [-0.2, -0.15) is 5.26 Å². The summed E-state index contributed by atoms with van der Waals surface area (Å²) in [5.74, 6) is -1.38.